The van der Waals surface area contributed by atoms with Gasteiger partial charge in [-0.15, -0.1) is 0 Å². The van der Waals surface area contributed by atoms with Gasteiger partial charge >= 0.3 is 5.97 Å². The van der Waals surface area contributed by atoms with Gasteiger partial charge in [0.25, 0.3) is 0 Å². The molecule has 10 heteroatoms. The third-order valence-electron chi connectivity index (χ3n) is 3.82. The van der Waals surface area contributed by atoms with E-state index in [0.717, 1.165) is 13.0 Å². The molecule has 0 fully saturated rings. The third kappa shape index (κ3) is 29.2. The molecule has 0 aliphatic rings. The Morgan fingerprint density at radius 2 is 0.735 bits per heavy atom. The van der Waals surface area contributed by atoms with Gasteiger partial charge in [0.05, 0.1) is 106 Å². The Hall–Kier alpha value is -0.850. The van der Waals surface area contributed by atoms with Gasteiger partial charge in [-0.3, -0.25) is 4.79 Å². The summed E-state index contributed by atoms with van der Waals surface area (Å²) >= 11 is 0. The fourth-order valence-corrected chi connectivity index (χ4v) is 2.33. The van der Waals surface area contributed by atoms with Crippen molar-refractivity contribution < 1.29 is 47.4 Å². The molecule has 0 aromatic heterocycles. The molecule has 0 saturated heterocycles. The monoisotopic (exact) mass is 496 g/mol. The van der Waals surface area contributed by atoms with Gasteiger partial charge in [-0.25, -0.2) is 0 Å². The average Bonchev–Trinajstić information content (AvgIpc) is 2.78. The summed E-state index contributed by atoms with van der Waals surface area (Å²) in [6.07, 6.45) is 1.26. The summed E-state index contributed by atoms with van der Waals surface area (Å²) in [6.45, 7) is 16.0. The smallest absolute Gasteiger partial charge is 0.308 e. The van der Waals surface area contributed by atoms with E-state index in [9.17, 15) is 4.79 Å². The molecule has 0 amide bonds. The predicted octanol–water partition coefficient (Wildman–Crippen LogP) is 2.26. The number of rotatable bonds is 26. The first kappa shape index (κ1) is 33.1. The highest BCUT2D eigenvalue weighted by atomic mass is 16.6. The molecule has 0 rings (SSSR count). The quantitative estimate of drug-likeness (QED) is 0.131. The number of carbonyl (C=O) groups excluding carboxylic acids is 1. The molecule has 10 nitrogen and oxygen atoms in total. The Balaban J connectivity index is 3.10. The minimum absolute atomic E-state index is 0.241. The Morgan fingerprint density at radius 1 is 0.471 bits per heavy atom. The van der Waals surface area contributed by atoms with Crippen LogP contribution >= 0.6 is 0 Å². The zero-order valence-corrected chi connectivity index (χ0v) is 21.8. The second-order valence-electron chi connectivity index (χ2n) is 8.24. The standard InChI is InChI=1S/C24H48O10/c1-5-7-26-9-11-28-13-15-30-17-19-32-21-22-33-20-18-31-16-14-29-12-10-27-8-6-23(25)34-24(2,3)4/h5-22H2,1-4H3. The molecule has 0 saturated carbocycles. The van der Waals surface area contributed by atoms with E-state index >= 15 is 0 Å². The van der Waals surface area contributed by atoms with E-state index in [1.54, 1.807) is 0 Å². The molecule has 0 spiro atoms. The van der Waals surface area contributed by atoms with Crippen LogP contribution in [0.25, 0.3) is 0 Å². The summed E-state index contributed by atoms with van der Waals surface area (Å²) in [7, 11) is 0. The highest BCUT2D eigenvalue weighted by Gasteiger charge is 2.15. The van der Waals surface area contributed by atoms with Gasteiger partial charge in [-0.05, 0) is 27.2 Å². The lowest BCUT2D eigenvalue weighted by Gasteiger charge is -2.19. The Labute approximate surface area is 205 Å². The maximum Gasteiger partial charge on any atom is 0.308 e. The van der Waals surface area contributed by atoms with Crippen LogP contribution in [0.2, 0.25) is 0 Å². The molecular formula is C24H48O10. The molecule has 34 heavy (non-hydrogen) atoms. The van der Waals surface area contributed by atoms with Crippen LogP contribution in [0.5, 0.6) is 0 Å². The summed E-state index contributed by atoms with van der Waals surface area (Å²) in [5, 5.41) is 0. The average molecular weight is 497 g/mol. The molecule has 0 unspecified atom stereocenters. The summed E-state index contributed by atoms with van der Waals surface area (Å²) in [5.41, 5.74) is -0.464. The largest absolute Gasteiger partial charge is 0.460 e. The van der Waals surface area contributed by atoms with Gasteiger partial charge in [-0.1, -0.05) is 6.92 Å². The van der Waals surface area contributed by atoms with Crippen molar-refractivity contribution in [3.63, 3.8) is 0 Å². The van der Waals surface area contributed by atoms with E-state index in [1.165, 1.54) is 0 Å². The van der Waals surface area contributed by atoms with Crippen molar-refractivity contribution in [2.24, 2.45) is 0 Å². The van der Waals surface area contributed by atoms with Gasteiger partial charge in [0.1, 0.15) is 5.60 Å². The van der Waals surface area contributed by atoms with E-state index in [-0.39, 0.29) is 12.4 Å². The Morgan fingerprint density at radius 3 is 1.00 bits per heavy atom. The van der Waals surface area contributed by atoms with Gasteiger partial charge in [0, 0.05) is 6.61 Å². The lowest BCUT2D eigenvalue weighted by Crippen LogP contribution is -2.24. The highest BCUT2D eigenvalue weighted by Crippen LogP contribution is 2.08. The van der Waals surface area contributed by atoms with Crippen molar-refractivity contribution in [2.75, 3.05) is 106 Å². The van der Waals surface area contributed by atoms with Crippen molar-refractivity contribution in [3.8, 4) is 0 Å². The van der Waals surface area contributed by atoms with Crippen molar-refractivity contribution in [1.29, 1.82) is 0 Å². The summed E-state index contributed by atoms with van der Waals surface area (Å²) in [4.78, 5) is 11.5. The Bertz CT molecular complexity index is 428. The molecule has 0 aromatic rings. The second-order valence-corrected chi connectivity index (χ2v) is 8.24. The third-order valence-corrected chi connectivity index (χ3v) is 3.82. The van der Waals surface area contributed by atoms with Gasteiger partial charge in [0.15, 0.2) is 0 Å². The first-order valence-corrected chi connectivity index (χ1v) is 12.3. The van der Waals surface area contributed by atoms with Crippen molar-refractivity contribution in [3.05, 3.63) is 0 Å². The second kappa shape index (κ2) is 25.2. The number of esters is 1. The van der Waals surface area contributed by atoms with E-state index in [2.05, 4.69) is 6.92 Å². The molecule has 0 N–H and O–H groups in total. The van der Waals surface area contributed by atoms with Crippen LogP contribution in [0.1, 0.15) is 40.5 Å². The van der Waals surface area contributed by atoms with Crippen LogP contribution in [0.3, 0.4) is 0 Å². The minimum atomic E-state index is -0.464. The highest BCUT2D eigenvalue weighted by molar-refractivity contribution is 5.69. The molecule has 0 aliphatic carbocycles. The van der Waals surface area contributed by atoms with Crippen LogP contribution < -0.4 is 0 Å². The van der Waals surface area contributed by atoms with Crippen molar-refractivity contribution in [1.82, 2.24) is 0 Å². The lowest BCUT2D eigenvalue weighted by atomic mass is 10.2. The number of hydrogen-bond donors (Lipinski definition) is 0. The van der Waals surface area contributed by atoms with Crippen LogP contribution in [0, 0.1) is 0 Å². The number of hydrogen-bond acceptors (Lipinski definition) is 10. The van der Waals surface area contributed by atoms with Gasteiger partial charge in [0.2, 0.25) is 0 Å². The zero-order chi connectivity index (χ0) is 25.2. The molecular weight excluding hydrogens is 448 g/mol. The molecule has 0 heterocycles. The normalized spacial score (nSPS) is 11.8. The fraction of sp³-hybridized carbons (Fsp3) is 0.958. The SMILES string of the molecule is CCCOCCOCCOCCOCCOCCOCCOCCOCCC(=O)OC(C)(C)C. The maximum absolute atomic E-state index is 11.5. The number of carbonyl (C=O) groups is 1. The first-order chi connectivity index (χ1) is 16.5. The summed E-state index contributed by atoms with van der Waals surface area (Å²) in [6, 6.07) is 0. The molecule has 0 aromatic carbocycles. The van der Waals surface area contributed by atoms with E-state index in [0.29, 0.717) is 99.1 Å². The first-order valence-electron chi connectivity index (χ1n) is 12.3. The fourth-order valence-electron chi connectivity index (χ4n) is 2.33. The van der Waals surface area contributed by atoms with Crippen LogP contribution in [0.4, 0.5) is 0 Å². The molecule has 204 valence electrons. The zero-order valence-electron chi connectivity index (χ0n) is 21.8. The van der Waals surface area contributed by atoms with E-state index in [4.69, 9.17) is 42.6 Å². The maximum atomic E-state index is 11.5. The van der Waals surface area contributed by atoms with Gasteiger partial charge < -0.3 is 42.6 Å². The van der Waals surface area contributed by atoms with Crippen LogP contribution in [-0.2, 0) is 47.4 Å². The molecule has 0 aliphatic heterocycles. The predicted molar refractivity (Wildman–Crippen MR) is 127 cm³/mol. The van der Waals surface area contributed by atoms with Crippen molar-refractivity contribution in [2.45, 2.75) is 46.1 Å². The summed E-state index contributed by atoms with van der Waals surface area (Å²) in [5.74, 6) is -0.259. The van der Waals surface area contributed by atoms with Gasteiger partial charge in [-0.2, -0.15) is 0 Å². The van der Waals surface area contributed by atoms with Crippen LogP contribution in [-0.4, -0.2) is 117 Å². The van der Waals surface area contributed by atoms with Crippen LogP contribution in [0.15, 0.2) is 0 Å². The topological polar surface area (TPSA) is 100 Å². The summed E-state index contributed by atoms with van der Waals surface area (Å²) < 4.78 is 48.3. The number of ether oxygens (including phenoxy) is 9. The van der Waals surface area contributed by atoms with Crippen molar-refractivity contribution >= 4 is 5.97 Å². The van der Waals surface area contributed by atoms with E-state index < -0.39 is 5.60 Å². The molecule has 0 bridgehead atoms. The van der Waals surface area contributed by atoms with E-state index in [1.807, 2.05) is 20.8 Å². The Kier molecular flexibility index (Phi) is 24.6. The molecule has 0 atom stereocenters. The minimum Gasteiger partial charge on any atom is -0.460 e. The molecule has 0 radical (unpaired) electrons. The lowest BCUT2D eigenvalue weighted by molar-refractivity contribution is -0.156.